The van der Waals surface area contributed by atoms with E-state index in [0.717, 1.165) is 11.3 Å². The molecule has 0 spiro atoms. The fourth-order valence-corrected chi connectivity index (χ4v) is 1.49. The Bertz CT molecular complexity index is 358. The molecule has 0 aliphatic carbocycles. The summed E-state index contributed by atoms with van der Waals surface area (Å²) in [6.07, 6.45) is 0.449. The summed E-state index contributed by atoms with van der Waals surface area (Å²) < 4.78 is 6.43. The van der Waals surface area contributed by atoms with E-state index >= 15 is 0 Å². The van der Waals surface area contributed by atoms with Gasteiger partial charge in [-0.1, -0.05) is 0 Å². The smallest absolute Gasteiger partial charge is 0.208 e. The maximum atomic E-state index is 11.6. The van der Waals surface area contributed by atoms with Crippen molar-refractivity contribution in [1.82, 2.24) is 9.78 Å². The van der Waals surface area contributed by atoms with Gasteiger partial charge in [-0.3, -0.25) is 9.48 Å². The number of hydrogen-bond donors (Lipinski definition) is 1. The third-order valence-corrected chi connectivity index (χ3v) is 2.36. The number of aliphatic hydroxyl groups excluding tert-OH is 1. The number of Topliss-reactive ketones (excluding diaryl/α,β-unsaturated/α-hetero) is 1. The van der Waals surface area contributed by atoms with Gasteiger partial charge in [0.15, 0.2) is 0 Å². The minimum atomic E-state index is -0.148. The van der Waals surface area contributed by atoms with Crippen molar-refractivity contribution in [3.8, 4) is 0 Å². The van der Waals surface area contributed by atoms with Crippen molar-refractivity contribution in [2.75, 3.05) is 20.3 Å². The molecule has 0 bridgehead atoms. The molecule has 0 atom stereocenters. The molecule has 1 N–H and O–H groups in total. The van der Waals surface area contributed by atoms with Gasteiger partial charge in [-0.2, -0.15) is 5.10 Å². The van der Waals surface area contributed by atoms with Crippen molar-refractivity contribution >= 4 is 5.78 Å². The Kier molecular flexibility index (Phi) is 3.99. The summed E-state index contributed by atoms with van der Waals surface area (Å²) in [6.45, 7) is 1.91. The minimum absolute atomic E-state index is 0.0137. The molecular formula is C10H16N2O3. The predicted octanol–water partition coefficient (Wildman–Crippen LogP) is 0.0924. The number of carbonyl (C=O) groups excluding carboxylic acids is 1. The molecule has 0 unspecified atom stereocenters. The van der Waals surface area contributed by atoms with Gasteiger partial charge in [0, 0.05) is 32.0 Å². The van der Waals surface area contributed by atoms with Gasteiger partial charge < -0.3 is 9.84 Å². The standard InChI is InChI=1S/C10H16N2O3/c1-7-8(4-5-13)10(11-12(7)2)9(14)6-15-3/h13H,4-6H2,1-3H3. The number of rotatable bonds is 5. The highest BCUT2D eigenvalue weighted by Crippen LogP contribution is 2.14. The van der Waals surface area contributed by atoms with Gasteiger partial charge in [0.1, 0.15) is 12.3 Å². The molecule has 0 saturated carbocycles. The SMILES string of the molecule is COCC(=O)c1nn(C)c(C)c1CCO. The first-order valence-electron chi connectivity index (χ1n) is 4.77. The van der Waals surface area contributed by atoms with Gasteiger partial charge >= 0.3 is 0 Å². The van der Waals surface area contributed by atoms with Crippen LogP contribution in [0.3, 0.4) is 0 Å². The molecule has 15 heavy (non-hydrogen) atoms. The molecular weight excluding hydrogens is 196 g/mol. The summed E-state index contributed by atoms with van der Waals surface area (Å²) in [6, 6.07) is 0. The average Bonchev–Trinajstić information content (AvgIpc) is 2.47. The van der Waals surface area contributed by atoms with Crippen molar-refractivity contribution in [3.63, 3.8) is 0 Å². The van der Waals surface area contributed by atoms with Gasteiger partial charge in [-0.05, 0) is 13.3 Å². The number of ketones is 1. The third-order valence-electron chi connectivity index (χ3n) is 2.36. The first kappa shape index (κ1) is 11.9. The minimum Gasteiger partial charge on any atom is -0.396 e. The highest BCUT2D eigenvalue weighted by atomic mass is 16.5. The largest absolute Gasteiger partial charge is 0.396 e. The summed E-state index contributed by atoms with van der Waals surface area (Å²) in [5.41, 5.74) is 2.12. The van der Waals surface area contributed by atoms with Crippen molar-refractivity contribution in [2.24, 2.45) is 7.05 Å². The summed E-state index contributed by atoms with van der Waals surface area (Å²) in [7, 11) is 3.25. The number of aliphatic hydroxyl groups is 1. The zero-order chi connectivity index (χ0) is 11.4. The van der Waals surface area contributed by atoms with Crippen LogP contribution >= 0.6 is 0 Å². The number of methoxy groups -OCH3 is 1. The fraction of sp³-hybridized carbons (Fsp3) is 0.600. The Morgan fingerprint density at radius 3 is 2.80 bits per heavy atom. The second-order valence-corrected chi connectivity index (χ2v) is 3.37. The van der Waals surface area contributed by atoms with E-state index in [-0.39, 0.29) is 19.0 Å². The van der Waals surface area contributed by atoms with Crippen LogP contribution in [-0.4, -0.2) is 41.0 Å². The van der Waals surface area contributed by atoms with Crippen molar-refractivity contribution in [3.05, 3.63) is 17.0 Å². The molecule has 0 saturated heterocycles. The summed E-state index contributed by atoms with van der Waals surface area (Å²) in [5, 5.41) is 13.0. The molecule has 0 radical (unpaired) electrons. The zero-order valence-electron chi connectivity index (χ0n) is 9.28. The maximum absolute atomic E-state index is 11.6. The number of aryl methyl sites for hydroxylation is 1. The lowest BCUT2D eigenvalue weighted by atomic mass is 10.1. The van der Waals surface area contributed by atoms with Crippen molar-refractivity contribution in [2.45, 2.75) is 13.3 Å². The number of hydrogen-bond acceptors (Lipinski definition) is 4. The Hall–Kier alpha value is -1.20. The molecule has 0 aliphatic rings. The quantitative estimate of drug-likeness (QED) is 0.703. The van der Waals surface area contributed by atoms with Gasteiger partial charge in [-0.15, -0.1) is 0 Å². The van der Waals surface area contributed by atoms with Crippen LogP contribution in [0.1, 0.15) is 21.7 Å². The third kappa shape index (κ3) is 2.43. The summed E-state index contributed by atoms with van der Waals surface area (Å²) >= 11 is 0. The Morgan fingerprint density at radius 2 is 2.27 bits per heavy atom. The van der Waals surface area contributed by atoms with Crippen LogP contribution in [0, 0.1) is 6.92 Å². The van der Waals surface area contributed by atoms with Crippen LogP contribution in [0.5, 0.6) is 0 Å². The fourth-order valence-electron chi connectivity index (χ4n) is 1.49. The van der Waals surface area contributed by atoms with Crippen LogP contribution in [-0.2, 0) is 18.2 Å². The predicted molar refractivity (Wildman–Crippen MR) is 54.9 cm³/mol. The Labute approximate surface area is 88.7 Å². The van der Waals surface area contributed by atoms with E-state index in [4.69, 9.17) is 9.84 Å². The van der Waals surface area contributed by atoms with Crippen LogP contribution in [0.2, 0.25) is 0 Å². The molecule has 0 aromatic carbocycles. The van der Waals surface area contributed by atoms with E-state index in [9.17, 15) is 4.79 Å². The first-order valence-corrected chi connectivity index (χ1v) is 4.77. The lowest BCUT2D eigenvalue weighted by Gasteiger charge is -2.00. The molecule has 0 aliphatic heterocycles. The van der Waals surface area contributed by atoms with E-state index in [0.29, 0.717) is 12.1 Å². The van der Waals surface area contributed by atoms with Crippen molar-refractivity contribution in [1.29, 1.82) is 0 Å². The molecule has 5 heteroatoms. The number of nitrogens with zero attached hydrogens (tertiary/aromatic N) is 2. The second-order valence-electron chi connectivity index (χ2n) is 3.37. The average molecular weight is 212 g/mol. The van der Waals surface area contributed by atoms with Crippen LogP contribution in [0.4, 0.5) is 0 Å². The normalized spacial score (nSPS) is 10.7. The highest BCUT2D eigenvalue weighted by Gasteiger charge is 2.18. The highest BCUT2D eigenvalue weighted by molar-refractivity contribution is 5.96. The van der Waals surface area contributed by atoms with Crippen LogP contribution < -0.4 is 0 Å². The van der Waals surface area contributed by atoms with Crippen molar-refractivity contribution < 1.29 is 14.6 Å². The van der Waals surface area contributed by atoms with Gasteiger partial charge in [0.05, 0.1) is 0 Å². The molecule has 1 aromatic heterocycles. The van der Waals surface area contributed by atoms with E-state index in [1.165, 1.54) is 7.11 Å². The van der Waals surface area contributed by atoms with E-state index in [2.05, 4.69) is 5.10 Å². The van der Waals surface area contributed by atoms with Gasteiger partial charge in [0.25, 0.3) is 0 Å². The Morgan fingerprint density at radius 1 is 1.60 bits per heavy atom. The molecule has 84 valence electrons. The van der Waals surface area contributed by atoms with Gasteiger partial charge in [0.2, 0.25) is 5.78 Å². The molecule has 1 aromatic rings. The lowest BCUT2D eigenvalue weighted by molar-refractivity contribution is 0.0841. The monoisotopic (exact) mass is 212 g/mol. The zero-order valence-corrected chi connectivity index (χ0v) is 9.28. The summed E-state index contributed by atoms with van der Waals surface area (Å²) in [5.74, 6) is -0.148. The van der Waals surface area contributed by atoms with Crippen LogP contribution in [0.25, 0.3) is 0 Å². The number of carbonyl (C=O) groups is 1. The van der Waals surface area contributed by atoms with Crippen LogP contribution in [0.15, 0.2) is 0 Å². The lowest BCUT2D eigenvalue weighted by Crippen LogP contribution is -2.11. The summed E-state index contributed by atoms with van der Waals surface area (Å²) in [4.78, 5) is 11.6. The van der Waals surface area contributed by atoms with E-state index in [1.54, 1.807) is 11.7 Å². The molecule has 0 amide bonds. The molecule has 1 rings (SSSR count). The number of ether oxygens (including phenoxy) is 1. The van der Waals surface area contributed by atoms with E-state index in [1.807, 2.05) is 6.92 Å². The number of aromatic nitrogens is 2. The first-order chi connectivity index (χ1) is 7.11. The topological polar surface area (TPSA) is 64.3 Å². The second kappa shape index (κ2) is 5.04. The molecule has 0 fully saturated rings. The molecule has 5 nitrogen and oxygen atoms in total. The van der Waals surface area contributed by atoms with Gasteiger partial charge in [-0.25, -0.2) is 0 Å². The van der Waals surface area contributed by atoms with E-state index < -0.39 is 0 Å². The molecule has 1 heterocycles. The maximum Gasteiger partial charge on any atom is 0.208 e. The Balaban J connectivity index is 3.05.